The third-order valence-electron chi connectivity index (χ3n) is 3.83. The lowest BCUT2D eigenvalue weighted by Gasteiger charge is -2.41. The van der Waals surface area contributed by atoms with Crippen molar-refractivity contribution in [2.24, 2.45) is 0 Å². The molecule has 0 amide bonds. The molecule has 15 heavy (non-hydrogen) atoms. The Bertz CT molecular complexity index is 257. The van der Waals surface area contributed by atoms with Gasteiger partial charge in [-0.2, -0.15) is 0 Å². The molecule has 2 fully saturated rings. The SMILES string of the molecule is CCNC1(C(=O)O)CCN2CCCC2C1. The summed E-state index contributed by atoms with van der Waals surface area (Å²) < 4.78 is 0. The van der Waals surface area contributed by atoms with Gasteiger partial charge in [-0.1, -0.05) is 6.92 Å². The summed E-state index contributed by atoms with van der Waals surface area (Å²) in [6, 6.07) is 0.494. The van der Waals surface area contributed by atoms with Crippen molar-refractivity contribution in [1.82, 2.24) is 10.2 Å². The van der Waals surface area contributed by atoms with Crippen LogP contribution in [0.1, 0.15) is 32.6 Å². The number of carbonyl (C=O) groups is 1. The molecule has 0 bridgehead atoms. The maximum absolute atomic E-state index is 11.4. The molecule has 4 nitrogen and oxygen atoms in total. The summed E-state index contributed by atoms with van der Waals surface area (Å²) in [7, 11) is 0. The molecule has 2 atom stereocenters. The Labute approximate surface area is 90.6 Å². The van der Waals surface area contributed by atoms with E-state index in [4.69, 9.17) is 0 Å². The number of nitrogens with zero attached hydrogens (tertiary/aromatic N) is 1. The third kappa shape index (κ3) is 1.88. The first-order valence-electron chi connectivity index (χ1n) is 5.90. The molecular weight excluding hydrogens is 192 g/mol. The second-order valence-corrected chi connectivity index (χ2v) is 4.70. The number of carboxylic acid groups (broad SMARTS) is 1. The van der Waals surface area contributed by atoms with E-state index >= 15 is 0 Å². The second kappa shape index (κ2) is 4.10. The first-order chi connectivity index (χ1) is 7.18. The zero-order valence-corrected chi connectivity index (χ0v) is 9.33. The van der Waals surface area contributed by atoms with E-state index in [1.165, 1.54) is 12.8 Å². The molecule has 0 aromatic heterocycles. The number of fused-ring (bicyclic) bond motifs is 1. The Kier molecular flexibility index (Phi) is 2.98. The van der Waals surface area contributed by atoms with Gasteiger partial charge in [0.1, 0.15) is 5.54 Å². The Morgan fingerprint density at radius 3 is 3.07 bits per heavy atom. The number of piperidine rings is 1. The van der Waals surface area contributed by atoms with Gasteiger partial charge in [0.2, 0.25) is 0 Å². The molecule has 2 aliphatic rings. The lowest BCUT2D eigenvalue weighted by atomic mass is 9.83. The van der Waals surface area contributed by atoms with Crippen molar-refractivity contribution in [3.05, 3.63) is 0 Å². The van der Waals surface area contributed by atoms with E-state index in [0.717, 1.165) is 32.5 Å². The van der Waals surface area contributed by atoms with E-state index in [-0.39, 0.29) is 0 Å². The fourth-order valence-corrected chi connectivity index (χ4v) is 3.03. The fraction of sp³-hybridized carbons (Fsp3) is 0.909. The molecule has 0 aliphatic carbocycles. The quantitative estimate of drug-likeness (QED) is 0.722. The highest BCUT2D eigenvalue weighted by Gasteiger charge is 2.45. The van der Waals surface area contributed by atoms with Gasteiger partial charge in [0.25, 0.3) is 0 Å². The molecule has 2 saturated heterocycles. The summed E-state index contributed by atoms with van der Waals surface area (Å²) in [5.74, 6) is -0.670. The van der Waals surface area contributed by atoms with Crippen molar-refractivity contribution in [3.8, 4) is 0 Å². The van der Waals surface area contributed by atoms with Gasteiger partial charge < -0.3 is 15.3 Å². The normalized spacial score (nSPS) is 36.5. The van der Waals surface area contributed by atoms with Crippen molar-refractivity contribution in [2.45, 2.75) is 44.2 Å². The number of nitrogens with one attached hydrogen (secondary N) is 1. The molecule has 2 rings (SSSR count). The van der Waals surface area contributed by atoms with Gasteiger partial charge in [-0.3, -0.25) is 4.79 Å². The third-order valence-corrected chi connectivity index (χ3v) is 3.83. The van der Waals surface area contributed by atoms with Crippen LogP contribution in [0.5, 0.6) is 0 Å². The molecular formula is C11H20N2O2. The van der Waals surface area contributed by atoms with E-state index in [9.17, 15) is 9.90 Å². The van der Waals surface area contributed by atoms with Gasteiger partial charge >= 0.3 is 5.97 Å². The van der Waals surface area contributed by atoms with Gasteiger partial charge in [0.05, 0.1) is 0 Å². The highest BCUT2D eigenvalue weighted by atomic mass is 16.4. The van der Waals surface area contributed by atoms with Gasteiger partial charge in [-0.15, -0.1) is 0 Å². The average Bonchev–Trinajstić information content (AvgIpc) is 2.64. The molecule has 4 heteroatoms. The monoisotopic (exact) mass is 212 g/mol. The van der Waals surface area contributed by atoms with Gasteiger partial charge in [0.15, 0.2) is 0 Å². The number of likely N-dealkylation sites (N-methyl/N-ethyl adjacent to an activating group) is 1. The second-order valence-electron chi connectivity index (χ2n) is 4.70. The molecule has 2 N–H and O–H groups in total. The van der Waals surface area contributed by atoms with Crippen LogP contribution in [-0.2, 0) is 4.79 Å². The molecule has 2 heterocycles. The lowest BCUT2D eigenvalue weighted by Crippen LogP contribution is -2.60. The fourth-order valence-electron chi connectivity index (χ4n) is 3.03. The van der Waals surface area contributed by atoms with Gasteiger partial charge in [-0.05, 0) is 38.8 Å². The predicted octanol–water partition coefficient (Wildman–Crippen LogP) is 0.677. The summed E-state index contributed by atoms with van der Waals surface area (Å²) in [5.41, 5.74) is -0.653. The molecule has 0 saturated carbocycles. The van der Waals surface area contributed by atoms with E-state index in [1.807, 2.05) is 6.92 Å². The zero-order chi connectivity index (χ0) is 10.9. The van der Waals surface area contributed by atoms with Crippen molar-refractivity contribution in [3.63, 3.8) is 0 Å². The topological polar surface area (TPSA) is 52.6 Å². The first kappa shape index (κ1) is 10.9. The van der Waals surface area contributed by atoms with Crippen LogP contribution in [0.25, 0.3) is 0 Å². The Morgan fingerprint density at radius 1 is 1.60 bits per heavy atom. The maximum Gasteiger partial charge on any atom is 0.324 e. The Morgan fingerprint density at radius 2 is 2.40 bits per heavy atom. The maximum atomic E-state index is 11.4. The number of hydrogen-bond acceptors (Lipinski definition) is 3. The molecule has 2 unspecified atom stereocenters. The van der Waals surface area contributed by atoms with Crippen LogP contribution in [-0.4, -0.2) is 47.2 Å². The number of rotatable bonds is 3. The first-order valence-corrected chi connectivity index (χ1v) is 5.90. The van der Waals surface area contributed by atoms with Crippen LogP contribution >= 0.6 is 0 Å². The van der Waals surface area contributed by atoms with Crippen LogP contribution < -0.4 is 5.32 Å². The van der Waals surface area contributed by atoms with Crippen molar-refractivity contribution < 1.29 is 9.90 Å². The molecule has 2 aliphatic heterocycles. The minimum absolute atomic E-state index is 0.494. The Balaban J connectivity index is 2.10. The minimum atomic E-state index is -0.670. The van der Waals surface area contributed by atoms with Crippen molar-refractivity contribution in [1.29, 1.82) is 0 Å². The minimum Gasteiger partial charge on any atom is -0.480 e. The molecule has 0 spiro atoms. The van der Waals surface area contributed by atoms with E-state index in [1.54, 1.807) is 0 Å². The summed E-state index contributed by atoms with van der Waals surface area (Å²) in [4.78, 5) is 13.8. The molecule has 0 aromatic rings. The summed E-state index contributed by atoms with van der Waals surface area (Å²) >= 11 is 0. The van der Waals surface area contributed by atoms with Crippen LogP contribution in [0, 0.1) is 0 Å². The predicted molar refractivity (Wildman–Crippen MR) is 57.9 cm³/mol. The van der Waals surface area contributed by atoms with Gasteiger partial charge in [-0.25, -0.2) is 0 Å². The van der Waals surface area contributed by atoms with E-state index in [2.05, 4.69) is 10.2 Å². The zero-order valence-electron chi connectivity index (χ0n) is 9.33. The Hall–Kier alpha value is -0.610. The lowest BCUT2D eigenvalue weighted by molar-refractivity contribution is -0.147. The molecule has 0 aromatic carbocycles. The molecule has 86 valence electrons. The highest BCUT2D eigenvalue weighted by Crippen LogP contribution is 2.33. The van der Waals surface area contributed by atoms with Crippen LogP contribution in [0.3, 0.4) is 0 Å². The van der Waals surface area contributed by atoms with E-state index in [0.29, 0.717) is 6.04 Å². The van der Waals surface area contributed by atoms with Gasteiger partial charge in [0, 0.05) is 12.6 Å². The van der Waals surface area contributed by atoms with Crippen molar-refractivity contribution >= 4 is 5.97 Å². The highest BCUT2D eigenvalue weighted by molar-refractivity contribution is 5.79. The van der Waals surface area contributed by atoms with E-state index < -0.39 is 11.5 Å². The smallest absolute Gasteiger partial charge is 0.324 e. The number of carboxylic acids is 1. The average molecular weight is 212 g/mol. The number of aliphatic carboxylic acids is 1. The number of hydrogen-bond donors (Lipinski definition) is 2. The van der Waals surface area contributed by atoms with Crippen molar-refractivity contribution in [2.75, 3.05) is 19.6 Å². The van der Waals surface area contributed by atoms with Crippen LogP contribution in [0.2, 0.25) is 0 Å². The summed E-state index contributed by atoms with van der Waals surface area (Å²) in [5, 5.41) is 12.5. The largest absolute Gasteiger partial charge is 0.480 e. The summed E-state index contributed by atoms with van der Waals surface area (Å²) in [6.07, 6.45) is 3.91. The standard InChI is InChI=1S/C11H20N2O2/c1-2-12-11(10(14)15)5-7-13-6-3-4-9(13)8-11/h9,12H,2-8H2,1H3,(H,14,15). The van der Waals surface area contributed by atoms with Crippen LogP contribution in [0.15, 0.2) is 0 Å². The van der Waals surface area contributed by atoms with Crippen LogP contribution in [0.4, 0.5) is 0 Å². The molecule has 0 radical (unpaired) electrons. The summed E-state index contributed by atoms with van der Waals surface area (Å²) in [6.45, 7) is 4.81.